The topological polar surface area (TPSA) is 6.48 Å². The molecule has 18 heavy (non-hydrogen) atoms. The molecule has 1 atom stereocenters. The molecular weight excluding hydrogens is 319 g/mol. The number of anilines is 1. The molecule has 1 aromatic rings. The van der Waals surface area contributed by atoms with Crippen molar-refractivity contribution < 1.29 is 4.39 Å². The van der Waals surface area contributed by atoms with Crippen molar-refractivity contribution in [2.45, 2.75) is 18.9 Å². The van der Waals surface area contributed by atoms with Crippen LogP contribution in [-0.4, -0.2) is 37.1 Å². The summed E-state index contributed by atoms with van der Waals surface area (Å²) in [6, 6.07) is 3.51. The van der Waals surface area contributed by atoms with E-state index in [9.17, 15) is 4.39 Å². The number of rotatable bonds is 1. The molecule has 2 heterocycles. The van der Waals surface area contributed by atoms with Crippen molar-refractivity contribution in [2.75, 3.05) is 31.1 Å². The quantitative estimate of drug-likeness (QED) is 0.776. The van der Waals surface area contributed by atoms with Crippen LogP contribution in [-0.2, 0) is 0 Å². The zero-order chi connectivity index (χ0) is 12.7. The molecule has 0 spiro atoms. The Labute approximate surface area is 120 Å². The van der Waals surface area contributed by atoms with Crippen LogP contribution < -0.4 is 4.90 Å². The minimum atomic E-state index is -0.296. The number of benzene rings is 1. The third-order valence-electron chi connectivity index (χ3n) is 3.89. The van der Waals surface area contributed by atoms with Crippen molar-refractivity contribution in [1.29, 1.82) is 0 Å². The van der Waals surface area contributed by atoms with E-state index in [2.05, 4.69) is 25.7 Å². The summed E-state index contributed by atoms with van der Waals surface area (Å²) in [6.45, 7) is 4.24. The van der Waals surface area contributed by atoms with Crippen molar-refractivity contribution in [2.24, 2.45) is 0 Å². The largest absolute Gasteiger partial charge is 0.367 e. The van der Waals surface area contributed by atoms with E-state index < -0.39 is 0 Å². The van der Waals surface area contributed by atoms with E-state index in [1.807, 2.05) is 0 Å². The second-order valence-electron chi connectivity index (χ2n) is 5.00. The molecule has 0 aromatic heterocycles. The van der Waals surface area contributed by atoms with Crippen LogP contribution in [0, 0.1) is 5.82 Å². The highest BCUT2D eigenvalue weighted by atomic mass is 79.9. The van der Waals surface area contributed by atoms with Crippen LogP contribution in [0.3, 0.4) is 0 Å². The van der Waals surface area contributed by atoms with Gasteiger partial charge in [-0.3, -0.25) is 4.90 Å². The first-order valence-corrected chi connectivity index (χ1v) is 7.46. The zero-order valence-corrected chi connectivity index (χ0v) is 12.3. The van der Waals surface area contributed by atoms with Gasteiger partial charge >= 0.3 is 0 Å². The van der Waals surface area contributed by atoms with E-state index in [1.54, 1.807) is 0 Å². The number of halogens is 3. The molecule has 2 aliphatic rings. The predicted molar refractivity (Wildman–Crippen MR) is 75.9 cm³/mol. The smallest absolute Gasteiger partial charge is 0.125 e. The van der Waals surface area contributed by atoms with E-state index in [-0.39, 0.29) is 5.82 Å². The molecule has 0 radical (unpaired) electrons. The standard InChI is InChI=1S/C13H15BrClFN2/c14-11-6-9(16)7-12(15)13(11)18-5-4-17-3-1-2-10(17)8-18/h6-7,10H,1-5,8H2. The molecule has 2 fully saturated rings. The molecule has 0 amide bonds. The van der Waals surface area contributed by atoms with Gasteiger partial charge in [0.2, 0.25) is 0 Å². The summed E-state index contributed by atoms with van der Waals surface area (Å²) >= 11 is 9.61. The van der Waals surface area contributed by atoms with E-state index in [4.69, 9.17) is 11.6 Å². The molecule has 2 saturated heterocycles. The van der Waals surface area contributed by atoms with Gasteiger partial charge in [-0.2, -0.15) is 0 Å². The van der Waals surface area contributed by atoms with E-state index >= 15 is 0 Å². The number of fused-ring (bicyclic) bond motifs is 1. The first-order valence-electron chi connectivity index (χ1n) is 6.28. The maximum atomic E-state index is 13.2. The molecule has 1 aromatic carbocycles. The molecule has 0 bridgehead atoms. The average Bonchev–Trinajstić information content (AvgIpc) is 2.74. The molecule has 2 nitrogen and oxygen atoms in total. The maximum absolute atomic E-state index is 13.2. The fourth-order valence-electron chi connectivity index (χ4n) is 3.03. The van der Waals surface area contributed by atoms with E-state index in [1.165, 1.54) is 31.5 Å². The van der Waals surface area contributed by atoms with E-state index in [0.717, 1.165) is 29.8 Å². The fourth-order valence-corrected chi connectivity index (χ4v) is 4.15. The number of hydrogen-bond donors (Lipinski definition) is 0. The van der Waals surface area contributed by atoms with Gasteiger partial charge in [-0.15, -0.1) is 0 Å². The lowest BCUT2D eigenvalue weighted by molar-refractivity contribution is 0.231. The second kappa shape index (κ2) is 4.99. The zero-order valence-electron chi connectivity index (χ0n) is 10.0. The Balaban J connectivity index is 1.87. The molecular formula is C13H15BrClFN2. The van der Waals surface area contributed by atoms with Gasteiger partial charge in [0.1, 0.15) is 5.82 Å². The van der Waals surface area contributed by atoms with Gasteiger partial charge in [-0.1, -0.05) is 11.6 Å². The maximum Gasteiger partial charge on any atom is 0.125 e. The Morgan fingerprint density at radius 2 is 2.11 bits per heavy atom. The summed E-state index contributed by atoms with van der Waals surface area (Å²) < 4.78 is 14.0. The van der Waals surface area contributed by atoms with Crippen LogP contribution >= 0.6 is 27.5 Å². The van der Waals surface area contributed by atoms with Crippen LogP contribution in [0.4, 0.5) is 10.1 Å². The first-order chi connectivity index (χ1) is 8.65. The Morgan fingerprint density at radius 3 is 2.89 bits per heavy atom. The van der Waals surface area contributed by atoms with Crippen molar-refractivity contribution in [1.82, 2.24) is 4.90 Å². The SMILES string of the molecule is Fc1cc(Cl)c(N2CCN3CCCC3C2)c(Br)c1. The van der Waals surface area contributed by atoms with Gasteiger partial charge in [-0.25, -0.2) is 4.39 Å². The molecule has 0 saturated carbocycles. The molecule has 5 heteroatoms. The molecule has 98 valence electrons. The number of hydrogen-bond acceptors (Lipinski definition) is 2. The van der Waals surface area contributed by atoms with Gasteiger partial charge in [0.15, 0.2) is 0 Å². The molecule has 0 aliphatic carbocycles. The Bertz CT molecular complexity index is 445. The lowest BCUT2D eigenvalue weighted by atomic mass is 10.1. The van der Waals surface area contributed by atoms with Gasteiger partial charge in [-0.05, 0) is 47.4 Å². The number of piperazine rings is 1. The minimum Gasteiger partial charge on any atom is -0.367 e. The van der Waals surface area contributed by atoms with Gasteiger partial charge in [0, 0.05) is 30.1 Å². The third-order valence-corrected chi connectivity index (χ3v) is 4.78. The first kappa shape index (κ1) is 12.7. The summed E-state index contributed by atoms with van der Waals surface area (Å²) in [5, 5.41) is 0.494. The van der Waals surface area contributed by atoms with Crippen molar-refractivity contribution in [3.8, 4) is 0 Å². The van der Waals surface area contributed by atoms with Gasteiger partial charge in [0.25, 0.3) is 0 Å². The van der Waals surface area contributed by atoms with Crippen LogP contribution in [0.5, 0.6) is 0 Å². The number of nitrogens with zero attached hydrogens (tertiary/aromatic N) is 2. The predicted octanol–water partition coefficient (Wildman–Crippen LogP) is 3.53. The van der Waals surface area contributed by atoms with Crippen LogP contribution in [0.1, 0.15) is 12.8 Å². The lowest BCUT2D eigenvalue weighted by Crippen LogP contribution is -2.50. The minimum absolute atomic E-state index is 0.296. The highest BCUT2D eigenvalue weighted by Crippen LogP contribution is 2.37. The lowest BCUT2D eigenvalue weighted by Gasteiger charge is -2.39. The van der Waals surface area contributed by atoms with Crippen molar-refractivity contribution in [3.05, 3.63) is 27.4 Å². The van der Waals surface area contributed by atoms with Crippen molar-refractivity contribution >= 4 is 33.2 Å². The summed E-state index contributed by atoms with van der Waals surface area (Å²) in [5.41, 5.74) is 0.935. The van der Waals surface area contributed by atoms with Gasteiger partial charge in [0.05, 0.1) is 10.7 Å². The molecule has 0 N–H and O–H groups in total. The highest BCUT2D eigenvalue weighted by Gasteiger charge is 2.31. The Morgan fingerprint density at radius 1 is 1.28 bits per heavy atom. The fraction of sp³-hybridized carbons (Fsp3) is 0.538. The molecule has 3 rings (SSSR count). The Hall–Kier alpha value is -0.320. The van der Waals surface area contributed by atoms with Gasteiger partial charge < -0.3 is 4.90 Å². The average molecular weight is 334 g/mol. The molecule has 2 aliphatic heterocycles. The van der Waals surface area contributed by atoms with E-state index in [0.29, 0.717) is 11.1 Å². The van der Waals surface area contributed by atoms with Crippen LogP contribution in [0.25, 0.3) is 0 Å². The third kappa shape index (κ3) is 2.26. The summed E-state index contributed by atoms with van der Waals surface area (Å²) in [6.07, 6.45) is 2.55. The Kier molecular flexibility index (Phi) is 3.52. The summed E-state index contributed by atoms with van der Waals surface area (Å²) in [7, 11) is 0. The monoisotopic (exact) mass is 332 g/mol. The van der Waals surface area contributed by atoms with Crippen LogP contribution in [0.2, 0.25) is 5.02 Å². The summed E-state index contributed by atoms with van der Waals surface area (Å²) in [4.78, 5) is 4.82. The second-order valence-corrected chi connectivity index (χ2v) is 6.26. The highest BCUT2D eigenvalue weighted by molar-refractivity contribution is 9.10. The molecule has 1 unspecified atom stereocenters. The normalized spacial score (nSPS) is 24.4. The van der Waals surface area contributed by atoms with Crippen LogP contribution in [0.15, 0.2) is 16.6 Å². The van der Waals surface area contributed by atoms with Crippen molar-refractivity contribution in [3.63, 3.8) is 0 Å². The summed E-state index contributed by atoms with van der Waals surface area (Å²) in [5.74, 6) is -0.296.